The van der Waals surface area contributed by atoms with E-state index >= 15 is 0 Å². The van der Waals surface area contributed by atoms with Gasteiger partial charge in [-0.3, -0.25) is 4.79 Å². The van der Waals surface area contributed by atoms with Gasteiger partial charge in [0.05, 0.1) is 18.8 Å². The van der Waals surface area contributed by atoms with Crippen molar-refractivity contribution in [2.24, 2.45) is 0 Å². The van der Waals surface area contributed by atoms with E-state index in [2.05, 4.69) is 0 Å². The molecule has 0 N–H and O–H groups in total. The zero-order valence-electron chi connectivity index (χ0n) is 12.5. The lowest BCUT2D eigenvalue weighted by molar-refractivity contribution is -0.143. The first-order valence-corrected chi connectivity index (χ1v) is 7.43. The third-order valence-corrected chi connectivity index (χ3v) is 3.99. The summed E-state index contributed by atoms with van der Waals surface area (Å²) in [6.07, 6.45) is 1.35. The lowest BCUT2D eigenvalue weighted by Gasteiger charge is -2.36. The van der Waals surface area contributed by atoms with Gasteiger partial charge in [-0.25, -0.2) is 0 Å². The molecule has 1 aromatic carbocycles. The van der Waals surface area contributed by atoms with Gasteiger partial charge in [0.1, 0.15) is 0 Å². The quantitative estimate of drug-likeness (QED) is 0.854. The molecule has 0 aromatic heterocycles. The molecule has 0 bridgehead atoms. The Kier molecular flexibility index (Phi) is 4.01. The number of rotatable bonds is 3. The second kappa shape index (κ2) is 5.93. The number of carbonyl (C=O) groups is 1. The van der Waals surface area contributed by atoms with Crippen LogP contribution in [0.5, 0.6) is 11.5 Å². The summed E-state index contributed by atoms with van der Waals surface area (Å²) in [6.45, 7) is 5.62. The smallest absolute Gasteiger partial charge is 0.231 e. The summed E-state index contributed by atoms with van der Waals surface area (Å²) in [5.41, 5.74) is 1.10. The van der Waals surface area contributed by atoms with Crippen LogP contribution in [0.15, 0.2) is 18.2 Å². The van der Waals surface area contributed by atoms with Crippen LogP contribution in [0.3, 0.4) is 0 Å². The molecule has 0 spiro atoms. The van der Waals surface area contributed by atoms with Crippen molar-refractivity contribution in [2.45, 2.75) is 38.8 Å². The van der Waals surface area contributed by atoms with Crippen LogP contribution in [0, 0.1) is 0 Å². The van der Waals surface area contributed by atoms with Crippen molar-refractivity contribution in [3.63, 3.8) is 0 Å². The summed E-state index contributed by atoms with van der Waals surface area (Å²) in [4.78, 5) is 14.3. The third-order valence-electron chi connectivity index (χ3n) is 3.99. The number of hydrogen-bond donors (Lipinski definition) is 0. The molecule has 1 fully saturated rings. The molecule has 0 saturated carbocycles. The van der Waals surface area contributed by atoms with Gasteiger partial charge in [-0.15, -0.1) is 0 Å². The zero-order valence-corrected chi connectivity index (χ0v) is 12.5. The van der Waals surface area contributed by atoms with Crippen molar-refractivity contribution in [1.29, 1.82) is 0 Å². The van der Waals surface area contributed by atoms with E-state index in [9.17, 15) is 4.79 Å². The lowest BCUT2D eigenvalue weighted by Crippen LogP contribution is -2.50. The Morgan fingerprint density at radius 2 is 2.10 bits per heavy atom. The van der Waals surface area contributed by atoms with E-state index in [0.29, 0.717) is 26.0 Å². The SMILES string of the molecule is CC1CN(C(=O)CCc2ccc3c(c2)OCO3)C(C)CO1. The second-order valence-electron chi connectivity index (χ2n) is 5.73. The molecular weight excluding hydrogens is 270 g/mol. The first-order chi connectivity index (χ1) is 10.1. The van der Waals surface area contributed by atoms with Crippen molar-refractivity contribution in [3.8, 4) is 11.5 Å². The minimum atomic E-state index is 0.121. The van der Waals surface area contributed by atoms with Crippen LogP contribution in [-0.4, -0.2) is 42.9 Å². The summed E-state index contributed by atoms with van der Waals surface area (Å²) in [6, 6.07) is 6.01. The standard InChI is InChI=1S/C16H21NO4/c1-11-9-19-12(2)8-17(11)16(18)6-4-13-3-5-14-15(7-13)21-10-20-14/h3,5,7,11-12H,4,6,8-10H2,1-2H3. The molecule has 2 aliphatic rings. The maximum absolute atomic E-state index is 12.4. The van der Waals surface area contributed by atoms with Crippen LogP contribution >= 0.6 is 0 Å². The molecule has 1 amide bonds. The highest BCUT2D eigenvalue weighted by atomic mass is 16.7. The van der Waals surface area contributed by atoms with E-state index < -0.39 is 0 Å². The van der Waals surface area contributed by atoms with Crippen LogP contribution in [0.2, 0.25) is 0 Å². The number of carbonyl (C=O) groups excluding carboxylic acids is 1. The number of amides is 1. The highest BCUT2D eigenvalue weighted by Gasteiger charge is 2.27. The molecule has 5 heteroatoms. The zero-order chi connectivity index (χ0) is 14.8. The number of morpholine rings is 1. The minimum absolute atomic E-state index is 0.121. The lowest BCUT2D eigenvalue weighted by atomic mass is 10.1. The van der Waals surface area contributed by atoms with Gasteiger partial charge in [-0.1, -0.05) is 6.07 Å². The fraction of sp³-hybridized carbons (Fsp3) is 0.562. The Morgan fingerprint density at radius 3 is 2.95 bits per heavy atom. The Morgan fingerprint density at radius 1 is 1.29 bits per heavy atom. The summed E-state index contributed by atoms with van der Waals surface area (Å²) in [5, 5.41) is 0. The van der Waals surface area contributed by atoms with Crippen molar-refractivity contribution in [1.82, 2.24) is 4.90 Å². The minimum Gasteiger partial charge on any atom is -0.454 e. The van der Waals surface area contributed by atoms with Crippen LogP contribution < -0.4 is 9.47 Å². The highest BCUT2D eigenvalue weighted by Crippen LogP contribution is 2.32. The van der Waals surface area contributed by atoms with Gasteiger partial charge >= 0.3 is 0 Å². The molecular formula is C16H21NO4. The number of fused-ring (bicyclic) bond motifs is 1. The van der Waals surface area contributed by atoms with Crippen LogP contribution in [0.25, 0.3) is 0 Å². The molecule has 114 valence electrons. The molecule has 5 nitrogen and oxygen atoms in total. The van der Waals surface area contributed by atoms with E-state index in [4.69, 9.17) is 14.2 Å². The number of hydrogen-bond acceptors (Lipinski definition) is 4. The number of ether oxygens (including phenoxy) is 3. The average Bonchev–Trinajstić information content (AvgIpc) is 2.94. The van der Waals surface area contributed by atoms with Crippen molar-refractivity contribution >= 4 is 5.91 Å². The molecule has 0 aliphatic carbocycles. The van der Waals surface area contributed by atoms with E-state index in [-0.39, 0.29) is 24.8 Å². The molecule has 2 unspecified atom stereocenters. The Labute approximate surface area is 124 Å². The maximum Gasteiger partial charge on any atom is 0.231 e. The monoisotopic (exact) mass is 291 g/mol. The molecule has 21 heavy (non-hydrogen) atoms. The predicted molar refractivity (Wildman–Crippen MR) is 77.5 cm³/mol. The summed E-state index contributed by atoms with van der Waals surface area (Å²) < 4.78 is 16.2. The summed E-state index contributed by atoms with van der Waals surface area (Å²) in [7, 11) is 0. The Hall–Kier alpha value is -1.75. The first-order valence-electron chi connectivity index (χ1n) is 7.43. The van der Waals surface area contributed by atoms with E-state index in [1.165, 1.54) is 0 Å². The van der Waals surface area contributed by atoms with Crippen molar-refractivity contribution in [2.75, 3.05) is 19.9 Å². The largest absolute Gasteiger partial charge is 0.454 e. The summed E-state index contributed by atoms with van der Waals surface area (Å²) >= 11 is 0. The molecule has 1 aromatic rings. The molecule has 2 aliphatic heterocycles. The van der Waals surface area contributed by atoms with Gasteiger partial charge in [0.25, 0.3) is 0 Å². The number of nitrogens with zero attached hydrogens (tertiary/aromatic N) is 1. The molecule has 3 rings (SSSR count). The normalized spacial score (nSPS) is 24.2. The number of benzene rings is 1. The maximum atomic E-state index is 12.4. The fourth-order valence-electron chi connectivity index (χ4n) is 2.74. The molecule has 2 atom stereocenters. The average molecular weight is 291 g/mol. The van der Waals surface area contributed by atoms with Gasteiger partial charge in [0.15, 0.2) is 11.5 Å². The fourth-order valence-corrected chi connectivity index (χ4v) is 2.74. The van der Waals surface area contributed by atoms with Crippen LogP contribution in [0.1, 0.15) is 25.8 Å². The molecule has 1 saturated heterocycles. The second-order valence-corrected chi connectivity index (χ2v) is 5.73. The van der Waals surface area contributed by atoms with Gasteiger partial charge in [0, 0.05) is 13.0 Å². The van der Waals surface area contributed by atoms with Crippen LogP contribution in [-0.2, 0) is 16.0 Å². The Bertz CT molecular complexity index is 531. The highest BCUT2D eigenvalue weighted by molar-refractivity contribution is 5.77. The molecule has 0 radical (unpaired) electrons. The van der Waals surface area contributed by atoms with Gasteiger partial charge in [0.2, 0.25) is 12.7 Å². The van der Waals surface area contributed by atoms with Gasteiger partial charge in [-0.05, 0) is 38.0 Å². The van der Waals surface area contributed by atoms with Crippen molar-refractivity contribution < 1.29 is 19.0 Å². The van der Waals surface area contributed by atoms with E-state index in [1.54, 1.807) is 0 Å². The van der Waals surface area contributed by atoms with Gasteiger partial charge in [-0.2, -0.15) is 0 Å². The summed E-state index contributed by atoms with van der Waals surface area (Å²) in [5.74, 6) is 1.74. The van der Waals surface area contributed by atoms with Crippen molar-refractivity contribution in [3.05, 3.63) is 23.8 Å². The van der Waals surface area contributed by atoms with Gasteiger partial charge < -0.3 is 19.1 Å². The van der Waals surface area contributed by atoms with Crippen LogP contribution in [0.4, 0.5) is 0 Å². The predicted octanol–water partition coefficient (Wildman–Crippen LogP) is 1.98. The third kappa shape index (κ3) is 3.13. The first kappa shape index (κ1) is 14.2. The number of aryl methyl sites for hydroxylation is 1. The Balaban J connectivity index is 1.58. The van der Waals surface area contributed by atoms with E-state index in [1.807, 2.05) is 36.9 Å². The topological polar surface area (TPSA) is 48.0 Å². The van der Waals surface area contributed by atoms with E-state index in [0.717, 1.165) is 17.1 Å². The molecule has 2 heterocycles.